The standard InChI is InChI=1S/C23H18FNO/c1-26-17-10-11-22-19(13-17)20-12-15-6-2-4-8-18(15)23(20)25(22)14-16-7-3-5-9-21(16)24/h2-11,13H,12,14H2,1H3. The van der Waals surface area contributed by atoms with Gasteiger partial charge >= 0.3 is 0 Å². The normalized spacial score (nSPS) is 12.2. The summed E-state index contributed by atoms with van der Waals surface area (Å²) < 4.78 is 22.0. The molecule has 1 aliphatic carbocycles. The van der Waals surface area contributed by atoms with Crippen molar-refractivity contribution >= 4 is 10.9 Å². The molecule has 1 aliphatic rings. The minimum Gasteiger partial charge on any atom is -0.497 e. The first kappa shape index (κ1) is 15.2. The summed E-state index contributed by atoms with van der Waals surface area (Å²) in [7, 11) is 1.69. The first-order chi connectivity index (χ1) is 12.8. The van der Waals surface area contributed by atoms with Gasteiger partial charge in [-0.05, 0) is 35.4 Å². The predicted molar refractivity (Wildman–Crippen MR) is 102 cm³/mol. The van der Waals surface area contributed by atoms with E-state index in [9.17, 15) is 4.39 Å². The van der Waals surface area contributed by atoms with Gasteiger partial charge in [0.1, 0.15) is 11.6 Å². The third-order valence-electron chi connectivity index (χ3n) is 5.30. The van der Waals surface area contributed by atoms with Crippen LogP contribution in [0.3, 0.4) is 0 Å². The van der Waals surface area contributed by atoms with Crippen molar-refractivity contribution < 1.29 is 9.13 Å². The molecule has 3 aromatic carbocycles. The summed E-state index contributed by atoms with van der Waals surface area (Å²) >= 11 is 0. The largest absolute Gasteiger partial charge is 0.497 e. The van der Waals surface area contributed by atoms with Crippen LogP contribution in [0.25, 0.3) is 22.2 Å². The van der Waals surface area contributed by atoms with Crippen LogP contribution < -0.4 is 4.74 Å². The number of nitrogens with zero attached hydrogens (tertiary/aromatic N) is 1. The number of ether oxygens (including phenoxy) is 1. The lowest BCUT2D eigenvalue weighted by atomic mass is 10.1. The smallest absolute Gasteiger partial charge is 0.128 e. The molecule has 0 amide bonds. The van der Waals surface area contributed by atoms with Crippen LogP contribution in [-0.4, -0.2) is 11.7 Å². The lowest BCUT2D eigenvalue weighted by Gasteiger charge is -2.12. The van der Waals surface area contributed by atoms with Crippen LogP contribution in [0.2, 0.25) is 0 Å². The molecule has 0 saturated carbocycles. The van der Waals surface area contributed by atoms with Crippen LogP contribution >= 0.6 is 0 Å². The Labute approximate surface area is 151 Å². The number of hydrogen-bond donors (Lipinski definition) is 0. The topological polar surface area (TPSA) is 14.2 Å². The highest BCUT2D eigenvalue weighted by atomic mass is 19.1. The van der Waals surface area contributed by atoms with Crippen LogP contribution in [0, 0.1) is 5.82 Å². The maximum absolute atomic E-state index is 14.3. The van der Waals surface area contributed by atoms with Gasteiger partial charge in [-0.1, -0.05) is 42.5 Å². The summed E-state index contributed by atoms with van der Waals surface area (Å²) in [5.41, 5.74) is 6.89. The van der Waals surface area contributed by atoms with Crippen molar-refractivity contribution in [1.29, 1.82) is 0 Å². The molecule has 0 fully saturated rings. The minimum absolute atomic E-state index is 0.164. The SMILES string of the molecule is COc1ccc2c(c1)c1c(n2Cc2ccccc2F)-c2ccccc2C1. The number of benzene rings is 3. The van der Waals surface area contributed by atoms with Gasteiger partial charge in [0.2, 0.25) is 0 Å². The lowest BCUT2D eigenvalue weighted by Crippen LogP contribution is -2.03. The van der Waals surface area contributed by atoms with Crippen LogP contribution in [0.1, 0.15) is 16.7 Å². The second-order valence-electron chi connectivity index (χ2n) is 6.72. The highest BCUT2D eigenvalue weighted by Crippen LogP contribution is 2.43. The number of fused-ring (bicyclic) bond motifs is 5. The van der Waals surface area contributed by atoms with Gasteiger partial charge < -0.3 is 9.30 Å². The second-order valence-corrected chi connectivity index (χ2v) is 6.72. The monoisotopic (exact) mass is 343 g/mol. The summed E-state index contributed by atoms with van der Waals surface area (Å²) in [6.45, 7) is 0.513. The molecule has 26 heavy (non-hydrogen) atoms. The van der Waals surface area contributed by atoms with E-state index >= 15 is 0 Å². The Bertz CT molecular complexity index is 1140. The average Bonchev–Trinajstić information content (AvgIpc) is 3.19. The molecule has 5 rings (SSSR count). The summed E-state index contributed by atoms with van der Waals surface area (Å²) in [6.07, 6.45) is 0.902. The molecule has 3 heteroatoms. The molecule has 128 valence electrons. The van der Waals surface area contributed by atoms with Crippen LogP contribution in [-0.2, 0) is 13.0 Å². The highest BCUT2D eigenvalue weighted by molar-refractivity contribution is 5.96. The summed E-state index contributed by atoms with van der Waals surface area (Å²) in [6, 6.07) is 21.6. The Morgan fingerprint density at radius 3 is 2.65 bits per heavy atom. The maximum Gasteiger partial charge on any atom is 0.128 e. The molecule has 0 atom stereocenters. The molecule has 0 bridgehead atoms. The molecule has 0 aliphatic heterocycles. The zero-order chi connectivity index (χ0) is 17.7. The fraction of sp³-hybridized carbons (Fsp3) is 0.130. The first-order valence-electron chi connectivity index (χ1n) is 8.77. The van der Waals surface area contributed by atoms with Gasteiger partial charge in [-0.2, -0.15) is 0 Å². The zero-order valence-electron chi connectivity index (χ0n) is 14.5. The van der Waals surface area contributed by atoms with Gasteiger partial charge in [0, 0.05) is 28.5 Å². The molecular formula is C23H18FNO. The number of rotatable bonds is 3. The molecule has 0 spiro atoms. The molecule has 0 radical (unpaired) electrons. The second kappa shape index (κ2) is 5.73. The predicted octanol–water partition coefficient (Wildman–Crippen LogP) is 5.41. The van der Waals surface area contributed by atoms with E-state index in [2.05, 4.69) is 41.0 Å². The molecule has 1 heterocycles. The molecule has 4 aromatic rings. The van der Waals surface area contributed by atoms with Crippen molar-refractivity contribution in [3.63, 3.8) is 0 Å². The van der Waals surface area contributed by atoms with Crippen molar-refractivity contribution in [2.45, 2.75) is 13.0 Å². The number of methoxy groups -OCH3 is 1. The minimum atomic E-state index is -0.164. The fourth-order valence-electron chi connectivity index (χ4n) is 4.07. The molecule has 0 saturated heterocycles. The van der Waals surface area contributed by atoms with Crippen LogP contribution in [0.15, 0.2) is 66.7 Å². The number of hydrogen-bond acceptors (Lipinski definition) is 1. The summed E-state index contributed by atoms with van der Waals surface area (Å²) in [5, 5.41) is 1.19. The van der Waals surface area contributed by atoms with Gasteiger partial charge in [-0.15, -0.1) is 0 Å². The first-order valence-corrected chi connectivity index (χ1v) is 8.77. The van der Waals surface area contributed by atoms with Gasteiger partial charge in [-0.3, -0.25) is 0 Å². The molecular weight excluding hydrogens is 325 g/mol. The Morgan fingerprint density at radius 2 is 1.81 bits per heavy atom. The maximum atomic E-state index is 14.3. The Balaban J connectivity index is 1.79. The highest BCUT2D eigenvalue weighted by Gasteiger charge is 2.26. The van der Waals surface area contributed by atoms with Crippen molar-refractivity contribution in [3.8, 4) is 17.0 Å². The van der Waals surface area contributed by atoms with Gasteiger partial charge in [-0.25, -0.2) is 4.39 Å². The van der Waals surface area contributed by atoms with Crippen molar-refractivity contribution in [3.05, 3.63) is 89.2 Å². The fourth-order valence-corrected chi connectivity index (χ4v) is 4.07. The third kappa shape index (κ3) is 2.17. The van der Waals surface area contributed by atoms with E-state index in [0.29, 0.717) is 12.1 Å². The van der Waals surface area contributed by atoms with E-state index in [1.807, 2.05) is 18.2 Å². The molecule has 2 nitrogen and oxygen atoms in total. The van der Waals surface area contributed by atoms with E-state index in [0.717, 1.165) is 17.7 Å². The van der Waals surface area contributed by atoms with E-state index in [1.54, 1.807) is 13.2 Å². The van der Waals surface area contributed by atoms with Crippen molar-refractivity contribution in [2.75, 3.05) is 7.11 Å². The van der Waals surface area contributed by atoms with Gasteiger partial charge in [0.05, 0.1) is 19.3 Å². The molecule has 1 aromatic heterocycles. The average molecular weight is 343 g/mol. The van der Waals surface area contributed by atoms with E-state index in [-0.39, 0.29) is 5.82 Å². The van der Waals surface area contributed by atoms with E-state index in [4.69, 9.17) is 4.74 Å². The van der Waals surface area contributed by atoms with Crippen molar-refractivity contribution in [1.82, 2.24) is 4.57 Å². The van der Waals surface area contributed by atoms with Crippen LogP contribution in [0.5, 0.6) is 5.75 Å². The Kier molecular flexibility index (Phi) is 3.35. The van der Waals surface area contributed by atoms with Gasteiger partial charge in [0.15, 0.2) is 0 Å². The molecule has 0 N–H and O–H groups in total. The summed E-state index contributed by atoms with van der Waals surface area (Å²) in [4.78, 5) is 0. The van der Waals surface area contributed by atoms with Gasteiger partial charge in [0.25, 0.3) is 0 Å². The van der Waals surface area contributed by atoms with Crippen LogP contribution in [0.4, 0.5) is 4.39 Å². The molecule has 0 unspecified atom stereocenters. The Morgan fingerprint density at radius 1 is 1.00 bits per heavy atom. The quantitative estimate of drug-likeness (QED) is 0.427. The lowest BCUT2D eigenvalue weighted by molar-refractivity contribution is 0.415. The summed E-state index contributed by atoms with van der Waals surface area (Å²) in [5.74, 6) is 0.683. The van der Waals surface area contributed by atoms with E-state index < -0.39 is 0 Å². The third-order valence-corrected chi connectivity index (χ3v) is 5.30. The van der Waals surface area contributed by atoms with Crippen molar-refractivity contribution in [2.24, 2.45) is 0 Å². The zero-order valence-corrected chi connectivity index (χ0v) is 14.5. The number of halogens is 1. The number of aromatic nitrogens is 1. The van der Waals surface area contributed by atoms with E-state index in [1.165, 1.54) is 33.8 Å². The Hall–Kier alpha value is -3.07.